The lowest BCUT2D eigenvalue weighted by Gasteiger charge is -2.37. The highest BCUT2D eigenvalue weighted by Crippen LogP contribution is 2.27. The van der Waals surface area contributed by atoms with Crippen LogP contribution in [0.2, 0.25) is 0 Å². The molecule has 43 heavy (non-hydrogen) atoms. The Bertz CT molecular complexity index is 1380. The molecule has 2 aromatic carbocycles. The molecule has 2 heterocycles. The monoisotopic (exact) mass is 590 g/mol. The standard InChI is InChI=1S/C34H43FN4O4/c1-6-23(2)30(40)37-29(34(3,4)5)33(42)39-19-10-13-27(39)21-38(20-18-24-14-16-26(35)17-15-24)32(41)28-22-43-31(36-28)25-11-8-7-9-12-25/h7-9,11-12,14-17,22-23,27,29H,6,10,13,18-21H2,1-5H3,(H,37,40)/t23-,27+,29-/m1/s1. The smallest absolute Gasteiger partial charge is 0.275 e. The van der Waals surface area contributed by atoms with Crippen LogP contribution < -0.4 is 5.32 Å². The van der Waals surface area contributed by atoms with E-state index in [9.17, 15) is 18.8 Å². The Morgan fingerprint density at radius 2 is 1.81 bits per heavy atom. The molecule has 1 aromatic heterocycles. The molecular formula is C34H43FN4O4. The van der Waals surface area contributed by atoms with Gasteiger partial charge < -0.3 is 19.5 Å². The summed E-state index contributed by atoms with van der Waals surface area (Å²) in [4.78, 5) is 48.7. The number of carbonyl (C=O) groups is 3. The fourth-order valence-corrected chi connectivity index (χ4v) is 5.29. The van der Waals surface area contributed by atoms with E-state index in [1.165, 1.54) is 18.4 Å². The molecule has 3 atom stereocenters. The molecule has 0 aliphatic carbocycles. The number of likely N-dealkylation sites (tertiary alicyclic amines) is 1. The van der Waals surface area contributed by atoms with Crippen molar-refractivity contribution in [2.24, 2.45) is 11.3 Å². The molecule has 3 aromatic rings. The number of nitrogens with one attached hydrogen (secondary N) is 1. The molecule has 0 bridgehead atoms. The van der Waals surface area contributed by atoms with Crippen LogP contribution in [-0.4, -0.2) is 64.2 Å². The number of oxazole rings is 1. The van der Waals surface area contributed by atoms with Crippen molar-refractivity contribution < 1.29 is 23.2 Å². The number of hydrogen-bond acceptors (Lipinski definition) is 5. The Balaban J connectivity index is 1.56. The predicted octanol–water partition coefficient (Wildman–Crippen LogP) is 5.73. The second-order valence-corrected chi connectivity index (χ2v) is 12.5. The van der Waals surface area contributed by atoms with Gasteiger partial charge in [0, 0.05) is 37.2 Å². The zero-order chi connectivity index (χ0) is 31.1. The SMILES string of the molecule is CC[C@@H](C)C(=O)N[C@H](C(=O)N1CCC[C@H]1CN(CCc1ccc(F)cc1)C(=O)c1coc(-c2ccccc2)n1)C(C)(C)C. The van der Waals surface area contributed by atoms with E-state index in [-0.39, 0.29) is 41.2 Å². The van der Waals surface area contributed by atoms with E-state index in [0.29, 0.717) is 38.4 Å². The summed E-state index contributed by atoms with van der Waals surface area (Å²) in [6.07, 6.45) is 4.09. The first-order chi connectivity index (χ1) is 20.5. The average molecular weight is 591 g/mol. The number of aromatic nitrogens is 1. The van der Waals surface area contributed by atoms with E-state index in [1.807, 2.05) is 69.9 Å². The van der Waals surface area contributed by atoms with Crippen LogP contribution in [0.15, 0.2) is 65.3 Å². The summed E-state index contributed by atoms with van der Waals surface area (Å²) in [5.41, 5.74) is 1.34. The van der Waals surface area contributed by atoms with Gasteiger partial charge in [-0.05, 0) is 60.9 Å². The van der Waals surface area contributed by atoms with Crippen molar-refractivity contribution in [1.29, 1.82) is 0 Å². The molecule has 230 valence electrons. The molecule has 1 aliphatic rings. The molecule has 4 rings (SSSR count). The summed E-state index contributed by atoms with van der Waals surface area (Å²) in [5.74, 6) is -0.736. The second-order valence-electron chi connectivity index (χ2n) is 12.5. The average Bonchev–Trinajstić information content (AvgIpc) is 3.68. The third kappa shape index (κ3) is 8.09. The largest absolute Gasteiger partial charge is 0.444 e. The number of hydrogen-bond donors (Lipinski definition) is 1. The number of carbonyl (C=O) groups excluding carboxylic acids is 3. The van der Waals surface area contributed by atoms with E-state index in [0.717, 1.165) is 24.0 Å². The minimum atomic E-state index is -0.693. The molecule has 0 unspecified atom stereocenters. The van der Waals surface area contributed by atoms with Gasteiger partial charge in [0.15, 0.2) is 5.69 Å². The number of nitrogens with zero attached hydrogens (tertiary/aromatic N) is 3. The van der Waals surface area contributed by atoms with Crippen molar-refractivity contribution in [1.82, 2.24) is 20.1 Å². The highest BCUT2D eigenvalue weighted by Gasteiger charge is 2.41. The van der Waals surface area contributed by atoms with Crippen LogP contribution >= 0.6 is 0 Å². The zero-order valence-corrected chi connectivity index (χ0v) is 25.8. The first kappa shape index (κ1) is 31.9. The summed E-state index contributed by atoms with van der Waals surface area (Å²) in [6.45, 7) is 10.9. The summed E-state index contributed by atoms with van der Waals surface area (Å²) in [6, 6.07) is 14.7. The summed E-state index contributed by atoms with van der Waals surface area (Å²) >= 11 is 0. The fraction of sp³-hybridized carbons (Fsp3) is 0.471. The highest BCUT2D eigenvalue weighted by molar-refractivity contribution is 5.93. The number of halogens is 1. The van der Waals surface area contributed by atoms with Crippen LogP contribution in [0.3, 0.4) is 0 Å². The maximum Gasteiger partial charge on any atom is 0.275 e. The molecule has 9 heteroatoms. The van der Waals surface area contributed by atoms with E-state index in [2.05, 4.69) is 10.3 Å². The number of rotatable bonds is 11. The van der Waals surface area contributed by atoms with E-state index in [4.69, 9.17) is 4.42 Å². The lowest BCUT2D eigenvalue weighted by Crippen LogP contribution is -2.57. The van der Waals surface area contributed by atoms with E-state index in [1.54, 1.807) is 17.0 Å². The Labute approximate surface area is 253 Å². The first-order valence-electron chi connectivity index (χ1n) is 15.1. The summed E-state index contributed by atoms with van der Waals surface area (Å²) in [5, 5.41) is 3.01. The minimum absolute atomic E-state index is 0.134. The van der Waals surface area contributed by atoms with Gasteiger partial charge in [0.25, 0.3) is 5.91 Å². The zero-order valence-electron chi connectivity index (χ0n) is 25.8. The van der Waals surface area contributed by atoms with Crippen LogP contribution in [0.4, 0.5) is 4.39 Å². The van der Waals surface area contributed by atoms with Gasteiger partial charge in [-0.2, -0.15) is 0 Å². The van der Waals surface area contributed by atoms with E-state index < -0.39 is 11.5 Å². The maximum atomic E-state index is 14.0. The molecule has 0 radical (unpaired) electrons. The topological polar surface area (TPSA) is 95.8 Å². The molecule has 1 N–H and O–H groups in total. The van der Waals surface area contributed by atoms with Gasteiger partial charge in [-0.25, -0.2) is 9.37 Å². The van der Waals surface area contributed by atoms with Gasteiger partial charge in [-0.3, -0.25) is 14.4 Å². The predicted molar refractivity (Wildman–Crippen MR) is 164 cm³/mol. The Morgan fingerprint density at radius 3 is 2.47 bits per heavy atom. The molecule has 1 saturated heterocycles. The normalized spacial score (nSPS) is 16.5. The lowest BCUT2D eigenvalue weighted by molar-refractivity contribution is -0.141. The molecule has 0 spiro atoms. The third-order valence-electron chi connectivity index (χ3n) is 8.17. The van der Waals surface area contributed by atoms with Gasteiger partial charge in [-0.15, -0.1) is 0 Å². The van der Waals surface area contributed by atoms with Crippen molar-refractivity contribution >= 4 is 17.7 Å². The molecular weight excluding hydrogens is 547 g/mol. The molecule has 1 aliphatic heterocycles. The Morgan fingerprint density at radius 1 is 1.12 bits per heavy atom. The molecule has 3 amide bonds. The molecule has 0 saturated carbocycles. The molecule has 1 fully saturated rings. The van der Waals surface area contributed by atoms with Crippen LogP contribution in [0.25, 0.3) is 11.5 Å². The van der Waals surface area contributed by atoms with Crippen molar-refractivity contribution in [3.63, 3.8) is 0 Å². The quantitative estimate of drug-likeness (QED) is 0.308. The van der Waals surface area contributed by atoms with E-state index >= 15 is 0 Å². The maximum absolute atomic E-state index is 14.0. The van der Waals surface area contributed by atoms with Crippen LogP contribution in [0.1, 0.15) is 69.9 Å². The van der Waals surface area contributed by atoms with Gasteiger partial charge in [0.1, 0.15) is 18.1 Å². The van der Waals surface area contributed by atoms with Crippen molar-refractivity contribution in [3.8, 4) is 11.5 Å². The van der Waals surface area contributed by atoms with Crippen molar-refractivity contribution in [2.75, 3.05) is 19.6 Å². The lowest BCUT2D eigenvalue weighted by atomic mass is 9.85. The van der Waals surface area contributed by atoms with Crippen molar-refractivity contribution in [3.05, 3.63) is 77.9 Å². The fourth-order valence-electron chi connectivity index (χ4n) is 5.29. The van der Waals surface area contributed by atoms with Crippen molar-refractivity contribution in [2.45, 2.75) is 72.4 Å². The van der Waals surface area contributed by atoms with Gasteiger partial charge in [0.2, 0.25) is 17.7 Å². The second kappa shape index (κ2) is 14.0. The Hall–Kier alpha value is -4.01. The van der Waals surface area contributed by atoms with Gasteiger partial charge in [0.05, 0.1) is 0 Å². The van der Waals surface area contributed by atoms with Gasteiger partial charge in [-0.1, -0.05) is 65.0 Å². The third-order valence-corrected chi connectivity index (χ3v) is 8.17. The first-order valence-corrected chi connectivity index (χ1v) is 15.1. The Kier molecular flexibility index (Phi) is 10.4. The number of amides is 3. The van der Waals surface area contributed by atoms with Crippen LogP contribution in [-0.2, 0) is 16.0 Å². The minimum Gasteiger partial charge on any atom is -0.444 e. The van der Waals surface area contributed by atoms with Gasteiger partial charge >= 0.3 is 0 Å². The summed E-state index contributed by atoms with van der Waals surface area (Å²) < 4.78 is 19.2. The highest BCUT2D eigenvalue weighted by atomic mass is 19.1. The van der Waals surface area contributed by atoms with Crippen LogP contribution in [0.5, 0.6) is 0 Å². The molecule has 8 nitrogen and oxygen atoms in total. The van der Waals surface area contributed by atoms with Crippen LogP contribution in [0, 0.1) is 17.2 Å². The number of benzene rings is 2. The summed E-state index contributed by atoms with van der Waals surface area (Å²) in [7, 11) is 0.